The number of fused-ring (bicyclic) bond motifs is 1. The van der Waals surface area contributed by atoms with Crippen molar-refractivity contribution >= 4 is 16.7 Å². The van der Waals surface area contributed by atoms with Gasteiger partial charge < -0.3 is 4.42 Å². The lowest BCUT2D eigenvalue weighted by atomic mass is 10.3. The van der Waals surface area contributed by atoms with Crippen LogP contribution in [0.2, 0.25) is 0 Å². The van der Waals surface area contributed by atoms with Crippen LogP contribution in [0.5, 0.6) is 0 Å². The lowest BCUT2D eigenvalue weighted by Gasteiger charge is -1.88. The van der Waals surface area contributed by atoms with Crippen molar-refractivity contribution in [3.05, 3.63) is 36.2 Å². The molecule has 66 valence electrons. The zero-order valence-electron chi connectivity index (χ0n) is 7.74. The van der Waals surface area contributed by atoms with E-state index in [0.717, 1.165) is 16.7 Å². The van der Waals surface area contributed by atoms with E-state index in [2.05, 4.69) is 4.98 Å². The smallest absolute Gasteiger partial charge is 0.222 e. The quantitative estimate of drug-likeness (QED) is 0.661. The minimum atomic E-state index is 0.712. The fourth-order valence-corrected chi connectivity index (χ4v) is 1.16. The number of benzene rings is 1. The molecule has 0 radical (unpaired) electrons. The average molecular weight is 173 g/mol. The van der Waals surface area contributed by atoms with Crippen LogP contribution in [0, 0.1) is 0 Å². The molecule has 0 aliphatic heterocycles. The van der Waals surface area contributed by atoms with E-state index in [1.165, 1.54) is 0 Å². The van der Waals surface area contributed by atoms with Crippen LogP contribution in [-0.2, 0) is 0 Å². The summed E-state index contributed by atoms with van der Waals surface area (Å²) in [6, 6.07) is 7.78. The highest BCUT2D eigenvalue weighted by Gasteiger charge is 2.04. The van der Waals surface area contributed by atoms with Gasteiger partial charge in [-0.05, 0) is 26.0 Å². The topological polar surface area (TPSA) is 26.0 Å². The fraction of sp³-hybridized carbons (Fsp3) is 0.182. The van der Waals surface area contributed by atoms with Crippen LogP contribution < -0.4 is 0 Å². The molecule has 2 aromatic rings. The van der Waals surface area contributed by atoms with Crippen LogP contribution in [0.3, 0.4) is 0 Å². The predicted octanol–water partition coefficient (Wildman–Crippen LogP) is 3.25. The van der Waals surface area contributed by atoms with Gasteiger partial charge in [0.05, 0.1) is 0 Å². The standard InChI is InChI=1S/C11H11NO/c1-3-8(2)11-12-9-6-4-5-7-10(9)13-11/h3-7H,1-2H3/b8-3+. The van der Waals surface area contributed by atoms with E-state index < -0.39 is 0 Å². The van der Waals surface area contributed by atoms with Gasteiger partial charge in [0.1, 0.15) is 5.52 Å². The Hall–Kier alpha value is -1.57. The van der Waals surface area contributed by atoms with Crippen molar-refractivity contribution in [2.45, 2.75) is 13.8 Å². The maximum absolute atomic E-state index is 5.54. The normalized spacial score (nSPS) is 12.3. The zero-order chi connectivity index (χ0) is 9.26. The monoisotopic (exact) mass is 173 g/mol. The van der Waals surface area contributed by atoms with Gasteiger partial charge in [-0.2, -0.15) is 0 Å². The zero-order valence-corrected chi connectivity index (χ0v) is 7.74. The molecule has 0 spiro atoms. The van der Waals surface area contributed by atoms with Gasteiger partial charge in [0, 0.05) is 5.57 Å². The molecule has 0 amide bonds. The van der Waals surface area contributed by atoms with Crippen molar-refractivity contribution < 1.29 is 4.42 Å². The molecule has 0 N–H and O–H groups in total. The summed E-state index contributed by atoms with van der Waals surface area (Å²) in [7, 11) is 0. The third-order valence-corrected chi connectivity index (χ3v) is 2.06. The molecule has 0 saturated carbocycles. The van der Waals surface area contributed by atoms with Crippen molar-refractivity contribution in [1.82, 2.24) is 4.98 Å². The molecule has 0 unspecified atom stereocenters. The number of oxazole rings is 1. The van der Waals surface area contributed by atoms with Crippen molar-refractivity contribution in [3.63, 3.8) is 0 Å². The average Bonchev–Trinajstić information content (AvgIpc) is 2.59. The van der Waals surface area contributed by atoms with E-state index in [1.54, 1.807) is 0 Å². The van der Waals surface area contributed by atoms with E-state index >= 15 is 0 Å². The van der Waals surface area contributed by atoms with Crippen LogP contribution in [0.25, 0.3) is 16.7 Å². The summed E-state index contributed by atoms with van der Waals surface area (Å²) in [5.41, 5.74) is 2.83. The highest BCUT2D eigenvalue weighted by molar-refractivity contribution is 5.75. The molecule has 1 aromatic heterocycles. The number of allylic oxidation sites excluding steroid dienone is 2. The number of nitrogens with zero attached hydrogens (tertiary/aromatic N) is 1. The van der Waals surface area contributed by atoms with Gasteiger partial charge in [0.25, 0.3) is 0 Å². The summed E-state index contributed by atoms with van der Waals surface area (Å²) >= 11 is 0. The second-order valence-corrected chi connectivity index (χ2v) is 2.96. The lowest BCUT2D eigenvalue weighted by Crippen LogP contribution is -1.75. The van der Waals surface area contributed by atoms with Crippen LogP contribution in [-0.4, -0.2) is 4.98 Å². The summed E-state index contributed by atoms with van der Waals surface area (Å²) in [6.45, 7) is 3.97. The van der Waals surface area contributed by atoms with Gasteiger partial charge >= 0.3 is 0 Å². The predicted molar refractivity (Wildman–Crippen MR) is 53.3 cm³/mol. The van der Waals surface area contributed by atoms with Gasteiger partial charge in [0.2, 0.25) is 5.89 Å². The molecule has 0 bridgehead atoms. The Kier molecular flexibility index (Phi) is 1.89. The molecule has 2 nitrogen and oxygen atoms in total. The summed E-state index contributed by atoms with van der Waals surface area (Å²) in [4.78, 5) is 4.35. The second kappa shape index (κ2) is 3.05. The van der Waals surface area contributed by atoms with Crippen molar-refractivity contribution in [3.8, 4) is 0 Å². The number of para-hydroxylation sites is 2. The van der Waals surface area contributed by atoms with Crippen LogP contribution in [0.1, 0.15) is 19.7 Å². The fourth-order valence-electron chi connectivity index (χ4n) is 1.16. The van der Waals surface area contributed by atoms with Gasteiger partial charge in [-0.25, -0.2) is 4.98 Å². The van der Waals surface area contributed by atoms with Crippen molar-refractivity contribution in [2.75, 3.05) is 0 Å². The minimum Gasteiger partial charge on any atom is -0.436 e. The van der Waals surface area contributed by atoms with Crippen LogP contribution >= 0.6 is 0 Å². The third kappa shape index (κ3) is 1.35. The van der Waals surface area contributed by atoms with E-state index in [1.807, 2.05) is 44.2 Å². The Labute approximate surface area is 76.9 Å². The highest BCUT2D eigenvalue weighted by atomic mass is 16.3. The molecule has 0 aliphatic carbocycles. The van der Waals surface area contributed by atoms with Gasteiger partial charge in [0.15, 0.2) is 5.58 Å². The third-order valence-electron chi connectivity index (χ3n) is 2.06. The first-order valence-corrected chi connectivity index (χ1v) is 4.30. The number of aromatic nitrogens is 1. The van der Waals surface area contributed by atoms with Crippen LogP contribution in [0.15, 0.2) is 34.8 Å². The molecule has 13 heavy (non-hydrogen) atoms. The number of hydrogen-bond acceptors (Lipinski definition) is 2. The Morgan fingerprint density at radius 3 is 2.85 bits per heavy atom. The molecule has 1 heterocycles. The molecule has 0 saturated heterocycles. The van der Waals surface area contributed by atoms with Crippen LogP contribution in [0.4, 0.5) is 0 Å². The van der Waals surface area contributed by atoms with E-state index in [0.29, 0.717) is 5.89 Å². The summed E-state index contributed by atoms with van der Waals surface area (Å²) in [5.74, 6) is 0.712. The summed E-state index contributed by atoms with van der Waals surface area (Å²) in [5, 5.41) is 0. The first kappa shape index (κ1) is 8.05. The Morgan fingerprint density at radius 2 is 2.15 bits per heavy atom. The Morgan fingerprint density at radius 1 is 1.38 bits per heavy atom. The molecule has 0 atom stereocenters. The molecule has 2 heteroatoms. The van der Waals surface area contributed by atoms with E-state index in [-0.39, 0.29) is 0 Å². The molecule has 0 aliphatic rings. The molecule has 0 fully saturated rings. The molecule has 2 rings (SSSR count). The first-order valence-electron chi connectivity index (χ1n) is 4.30. The van der Waals surface area contributed by atoms with E-state index in [9.17, 15) is 0 Å². The first-order chi connectivity index (χ1) is 6.31. The number of rotatable bonds is 1. The molecule has 1 aromatic carbocycles. The van der Waals surface area contributed by atoms with Crippen molar-refractivity contribution in [2.24, 2.45) is 0 Å². The lowest BCUT2D eigenvalue weighted by molar-refractivity contribution is 0.584. The molecular weight excluding hydrogens is 162 g/mol. The summed E-state index contributed by atoms with van der Waals surface area (Å²) < 4.78 is 5.54. The second-order valence-electron chi connectivity index (χ2n) is 2.96. The highest BCUT2D eigenvalue weighted by Crippen LogP contribution is 2.19. The Balaban J connectivity index is 2.62. The maximum Gasteiger partial charge on any atom is 0.222 e. The minimum absolute atomic E-state index is 0.712. The van der Waals surface area contributed by atoms with E-state index in [4.69, 9.17) is 4.42 Å². The maximum atomic E-state index is 5.54. The largest absolute Gasteiger partial charge is 0.436 e. The number of hydrogen-bond donors (Lipinski definition) is 0. The van der Waals surface area contributed by atoms with Crippen molar-refractivity contribution in [1.29, 1.82) is 0 Å². The van der Waals surface area contributed by atoms with Gasteiger partial charge in [-0.3, -0.25) is 0 Å². The Bertz CT molecular complexity index is 421. The molecular formula is C11H11NO. The SMILES string of the molecule is C/C=C(\C)c1nc2ccccc2o1. The van der Waals surface area contributed by atoms with Gasteiger partial charge in [-0.15, -0.1) is 0 Å². The van der Waals surface area contributed by atoms with Gasteiger partial charge in [-0.1, -0.05) is 18.2 Å². The summed E-state index contributed by atoms with van der Waals surface area (Å²) in [6.07, 6.45) is 1.99.